The van der Waals surface area contributed by atoms with Gasteiger partial charge in [0.05, 0.1) is 18.8 Å². The van der Waals surface area contributed by atoms with E-state index in [-0.39, 0.29) is 0 Å². The molecule has 4 rings (SSSR count). The van der Waals surface area contributed by atoms with Crippen molar-refractivity contribution >= 4 is 11.8 Å². The lowest BCUT2D eigenvalue weighted by atomic mass is 9.91. The molecule has 15 atom stereocenters. The number of hydrogen-bond acceptors (Lipinski definition) is 16. The second kappa shape index (κ2) is 23.2. The van der Waals surface area contributed by atoms with Crippen molar-refractivity contribution < 1.29 is 69.4 Å². The Bertz CT molecular complexity index is 1610. The molecule has 0 aromatic carbocycles. The summed E-state index contributed by atoms with van der Waals surface area (Å²) in [5, 5.41) is 91.4. The zero-order chi connectivity index (χ0) is 43.4. The number of carbonyl (C=O) groups is 2. The first-order valence-electron chi connectivity index (χ1n) is 20.6. The number of aromatic amines is 1. The van der Waals surface area contributed by atoms with Gasteiger partial charge in [0.1, 0.15) is 60.9 Å². The number of amides is 2. The quantitative estimate of drug-likeness (QED) is 0.0467. The molecule has 336 valence electrons. The Hall–Kier alpha value is -3.12. The summed E-state index contributed by atoms with van der Waals surface area (Å²) in [6.07, 6.45) is -7.65. The van der Waals surface area contributed by atoms with Crippen molar-refractivity contribution in [3.8, 4) is 0 Å². The van der Waals surface area contributed by atoms with E-state index in [4.69, 9.17) is 18.9 Å². The summed E-state index contributed by atoms with van der Waals surface area (Å²) in [6.45, 7) is 4.81. The Balaban J connectivity index is 1.44. The molecule has 1 aromatic heterocycles. The van der Waals surface area contributed by atoms with Crippen LogP contribution in [0.4, 0.5) is 0 Å². The molecule has 2 amide bonds. The molecule has 3 saturated heterocycles. The van der Waals surface area contributed by atoms with Gasteiger partial charge in [0.15, 0.2) is 18.8 Å². The van der Waals surface area contributed by atoms with Crippen LogP contribution in [-0.2, 0) is 28.5 Å². The number of unbranched alkanes of at least 4 members (excludes halogenated alkanes) is 8. The molecule has 4 heterocycles. The highest BCUT2D eigenvalue weighted by Crippen LogP contribution is 2.34. The molecule has 0 radical (unpaired) electrons. The topological polar surface area (TPSA) is 312 Å². The minimum Gasteiger partial charge on any atom is -0.394 e. The Kier molecular flexibility index (Phi) is 19.1. The molecule has 3 aliphatic rings. The molecule has 59 heavy (non-hydrogen) atoms. The summed E-state index contributed by atoms with van der Waals surface area (Å²) in [6, 6.07) is -2.01. The van der Waals surface area contributed by atoms with E-state index in [9.17, 15) is 60.0 Å². The molecule has 3 fully saturated rings. The van der Waals surface area contributed by atoms with E-state index in [1.807, 2.05) is 4.98 Å². The average Bonchev–Trinajstić information content (AvgIpc) is 3.47. The molecule has 20 heteroatoms. The summed E-state index contributed by atoms with van der Waals surface area (Å²) in [4.78, 5) is 51.1. The number of aliphatic hydroxyl groups is 8. The van der Waals surface area contributed by atoms with E-state index >= 15 is 0 Å². The lowest BCUT2D eigenvalue weighted by Gasteiger charge is -2.47. The van der Waals surface area contributed by atoms with Crippen LogP contribution in [0.15, 0.2) is 34.0 Å². The van der Waals surface area contributed by atoms with Crippen LogP contribution in [0.25, 0.3) is 0 Å². The van der Waals surface area contributed by atoms with Crippen LogP contribution in [0, 0.1) is 5.92 Å². The molecule has 1 aromatic rings. The Labute approximate surface area is 342 Å². The second-order valence-corrected chi connectivity index (χ2v) is 16.1. The smallest absolute Gasteiger partial charge is 0.330 e. The Morgan fingerprint density at radius 3 is 1.98 bits per heavy atom. The third kappa shape index (κ3) is 13.4. The third-order valence-electron chi connectivity index (χ3n) is 11.0. The lowest BCUT2D eigenvalue weighted by molar-refractivity contribution is -0.346. The lowest BCUT2D eigenvalue weighted by Crippen LogP contribution is -2.68. The fourth-order valence-corrected chi connectivity index (χ4v) is 7.63. The van der Waals surface area contributed by atoms with Crippen molar-refractivity contribution in [3.05, 3.63) is 45.3 Å². The minimum atomic E-state index is -1.85. The van der Waals surface area contributed by atoms with Gasteiger partial charge in [0.2, 0.25) is 11.8 Å². The van der Waals surface area contributed by atoms with Crippen LogP contribution >= 0.6 is 0 Å². The maximum absolute atomic E-state index is 13.1. The van der Waals surface area contributed by atoms with Crippen LogP contribution < -0.4 is 21.9 Å². The number of aromatic nitrogens is 2. The van der Waals surface area contributed by atoms with E-state index in [0.29, 0.717) is 6.42 Å². The second-order valence-electron chi connectivity index (χ2n) is 16.1. The van der Waals surface area contributed by atoms with Gasteiger partial charge in [-0.2, -0.15) is 0 Å². The molecule has 0 unspecified atom stereocenters. The molecule has 20 nitrogen and oxygen atoms in total. The van der Waals surface area contributed by atoms with Crippen LogP contribution in [0.2, 0.25) is 0 Å². The van der Waals surface area contributed by atoms with Gasteiger partial charge in [-0.25, -0.2) is 4.79 Å². The summed E-state index contributed by atoms with van der Waals surface area (Å²) in [5.41, 5.74) is -1.68. The largest absolute Gasteiger partial charge is 0.394 e. The van der Waals surface area contributed by atoms with Crippen molar-refractivity contribution in [1.29, 1.82) is 0 Å². The minimum absolute atomic E-state index is 0.597. The molecule has 0 aliphatic carbocycles. The highest BCUT2D eigenvalue weighted by atomic mass is 16.8. The zero-order valence-electron chi connectivity index (χ0n) is 33.8. The number of rotatable bonds is 21. The van der Waals surface area contributed by atoms with E-state index in [0.717, 1.165) is 55.4 Å². The van der Waals surface area contributed by atoms with Gasteiger partial charge >= 0.3 is 5.69 Å². The summed E-state index contributed by atoms with van der Waals surface area (Å²) >= 11 is 0. The van der Waals surface area contributed by atoms with Crippen LogP contribution in [0.1, 0.15) is 97.6 Å². The van der Waals surface area contributed by atoms with E-state index in [2.05, 4.69) is 24.5 Å². The van der Waals surface area contributed by atoms with Crippen molar-refractivity contribution in [2.45, 2.75) is 183 Å². The van der Waals surface area contributed by atoms with Crippen molar-refractivity contribution in [2.24, 2.45) is 5.92 Å². The molecule has 0 bridgehead atoms. The standard InChI is InChI=1S/C39H64N4O16/c1-20(2)14-12-10-8-6-4-5-7-9-11-13-15-25(47)41-28-32(52)29(49)23(56-38(28)59-37-27(40-21(3)45)31(51)30(50)24(19-44)57-37)18-22(46)35-33(53)34(54)36(58-35)43-17-16-26(48)42-39(43)55/h13,15-17,20,22-24,27-38,44,46,49-54H,4-12,14,18-19H2,1-3H3,(H,40,45)(H,41,47)(H,42,48,55)/b15-13+/t22-,23-,24+,27+,28+,29-,30+,31+,32+,33-,34+,35+,36+,37-,38-/m0/s1. The average molecular weight is 845 g/mol. The summed E-state index contributed by atoms with van der Waals surface area (Å²) in [7, 11) is 0. The van der Waals surface area contributed by atoms with Gasteiger partial charge in [-0.3, -0.25) is 23.9 Å². The number of aliphatic hydroxyl groups excluding tert-OH is 8. The van der Waals surface area contributed by atoms with Crippen molar-refractivity contribution in [2.75, 3.05) is 6.61 Å². The van der Waals surface area contributed by atoms with Gasteiger partial charge in [-0.1, -0.05) is 71.3 Å². The maximum atomic E-state index is 13.1. The number of ether oxygens (including phenoxy) is 4. The first-order valence-corrected chi connectivity index (χ1v) is 20.6. The number of H-pyrrole nitrogens is 1. The van der Waals surface area contributed by atoms with Crippen molar-refractivity contribution in [1.82, 2.24) is 20.2 Å². The number of nitrogens with one attached hydrogen (secondary N) is 3. The number of hydrogen-bond donors (Lipinski definition) is 11. The van der Waals surface area contributed by atoms with Gasteiger partial charge < -0.3 is 70.4 Å². The maximum Gasteiger partial charge on any atom is 0.330 e. The number of nitrogens with zero attached hydrogens (tertiary/aromatic N) is 1. The van der Waals surface area contributed by atoms with E-state index in [1.54, 1.807) is 6.08 Å². The summed E-state index contributed by atoms with van der Waals surface area (Å²) in [5.74, 6) is -0.621. The first-order chi connectivity index (χ1) is 28.0. The number of allylic oxidation sites excluding steroid dienone is 1. The van der Waals surface area contributed by atoms with Crippen LogP contribution in [-0.4, -0.2) is 155 Å². The van der Waals surface area contributed by atoms with E-state index < -0.39 is 128 Å². The summed E-state index contributed by atoms with van der Waals surface area (Å²) < 4.78 is 24.1. The van der Waals surface area contributed by atoms with Gasteiger partial charge in [-0.15, -0.1) is 0 Å². The molecular weight excluding hydrogens is 780 g/mol. The van der Waals surface area contributed by atoms with E-state index in [1.165, 1.54) is 38.2 Å². The molecular formula is C39H64N4O16. The molecule has 0 saturated carbocycles. The zero-order valence-corrected chi connectivity index (χ0v) is 33.8. The fraction of sp³-hybridized carbons (Fsp3) is 0.795. The van der Waals surface area contributed by atoms with Gasteiger partial charge in [0.25, 0.3) is 5.56 Å². The SMILES string of the molecule is CC(=O)N[C@H]1[C@H](O[C@@H]2O[C@@H](C[C@H](O)[C@H]3O[C@@H](n4ccc(=O)[nH]c4=O)[C@H](O)[C@@H]3O)[C@H](O)[C@H](O)[C@H]2NC(=O)/C=C/CCCCCCCCCCC(C)C)O[C@H](CO)[C@@H](O)[C@@H]1O. The Morgan fingerprint density at radius 1 is 0.814 bits per heavy atom. The highest BCUT2D eigenvalue weighted by Gasteiger charge is 2.53. The monoisotopic (exact) mass is 844 g/mol. The predicted octanol–water partition coefficient (Wildman–Crippen LogP) is -2.09. The number of carbonyl (C=O) groups excluding carboxylic acids is 2. The molecule has 11 N–H and O–H groups in total. The van der Waals surface area contributed by atoms with Gasteiger partial charge in [-0.05, 0) is 24.8 Å². The predicted molar refractivity (Wildman–Crippen MR) is 207 cm³/mol. The highest BCUT2D eigenvalue weighted by molar-refractivity contribution is 5.87. The third-order valence-corrected chi connectivity index (χ3v) is 11.0. The van der Waals surface area contributed by atoms with Crippen LogP contribution in [0.5, 0.6) is 0 Å². The normalized spacial score (nSPS) is 34.3. The van der Waals surface area contributed by atoms with Crippen LogP contribution in [0.3, 0.4) is 0 Å². The molecule has 0 spiro atoms. The first kappa shape index (κ1) is 48.5. The molecule has 3 aliphatic heterocycles. The Morgan fingerprint density at radius 2 is 1.39 bits per heavy atom. The van der Waals surface area contributed by atoms with Gasteiger partial charge in [0, 0.05) is 25.6 Å². The van der Waals surface area contributed by atoms with Crippen molar-refractivity contribution in [3.63, 3.8) is 0 Å². The fourth-order valence-electron chi connectivity index (χ4n) is 7.63.